The number of anilines is 2. The van der Waals surface area contributed by atoms with Crippen molar-refractivity contribution < 1.29 is 17.9 Å². The third-order valence-corrected chi connectivity index (χ3v) is 6.88. The molecule has 1 N–H and O–H groups in total. The molecule has 3 aromatic carbocycles. The molecule has 8 heteroatoms. The van der Waals surface area contributed by atoms with E-state index in [2.05, 4.69) is 21.2 Å². The molecule has 0 bridgehead atoms. The molecular weight excluding hydrogens is 468 g/mol. The van der Waals surface area contributed by atoms with E-state index in [1.165, 1.54) is 26.3 Å². The number of methoxy groups -OCH3 is 1. The molecular formula is C22H21BrN2O4S. The van der Waals surface area contributed by atoms with Crippen molar-refractivity contribution in [2.45, 2.75) is 11.8 Å². The van der Waals surface area contributed by atoms with Crippen LogP contribution in [-0.2, 0) is 10.0 Å². The van der Waals surface area contributed by atoms with E-state index < -0.39 is 10.0 Å². The number of halogens is 1. The minimum absolute atomic E-state index is 0.0147. The molecule has 3 aromatic rings. The van der Waals surface area contributed by atoms with Gasteiger partial charge in [0.2, 0.25) is 0 Å². The van der Waals surface area contributed by atoms with Crippen molar-refractivity contribution in [3.05, 3.63) is 82.3 Å². The number of nitrogens with one attached hydrogen (secondary N) is 1. The van der Waals surface area contributed by atoms with Gasteiger partial charge in [-0.05, 0) is 55.0 Å². The van der Waals surface area contributed by atoms with Crippen molar-refractivity contribution in [2.75, 3.05) is 23.8 Å². The van der Waals surface area contributed by atoms with Gasteiger partial charge < -0.3 is 10.1 Å². The van der Waals surface area contributed by atoms with Crippen LogP contribution in [0, 0.1) is 6.92 Å². The largest absolute Gasteiger partial charge is 0.495 e. The lowest BCUT2D eigenvalue weighted by Crippen LogP contribution is -2.27. The van der Waals surface area contributed by atoms with Crippen molar-refractivity contribution in [3.63, 3.8) is 0 Å². The summed E-state index contributed by atoms with van der Waals surface area (Å²) in [5.74, 6) is 0.0471. The van der Waals surface area contributed by atoms with Crippen LogP contribution in [0.4, 0.5) is 11.4 Å². The summed E-state index contributed by atoms with van der Waals surface area (Å²) in [7, 11) is -0.977. The van der Waals surface area contributed by atoms with E-state index in [0.29, 0.717) is 22.7 Å². The summed E-state index contributed by atoms with van der Waals surface area (Å²) in [5, 5.41) is 2.80. The van der Waals surface area contributed by atoms with Gasteiger partial charge in [-0.1, -0.05) is 40.2 Å². The molecule has 0 saturated carbocycles. The summed E-state index contributed by atoms with van der Waals surface area (Å²) in [5.41, 5.74) is 1.96. The van der Waals surface area contributed by atoms with Crippen molar-refractivity contribution >= 4 is 43.2 Å². The summed E-state index contributed by atoms with van der Waals surface area (Å²) >= 11 is 3.36. The van der Waals surface area contributed by atoms with Gasteiger partial charge >= 0.3 is 0 Å². The molecule has 0 radical (unpaired) electrons. The maximum atomic E-state index is 13.2. The Morgan fingerprint density at radius 1 is 1.03 bits per heavy atom. The van der Waals surface area contributed by atoms with Crippen LogP contribution >= 0.6 is 15.9 Å². The van der Waals surface area contributed by atoms with Crippen LogP contribution in [0.25, 0.3) is 0 Å². The number of ether oxygens (including phenoxy) is 1. The van der Waals surface area contributed by atoms with E-state index in [9.17, 15) is 13.2 Å². The Balaban J connectivity index is 1.96. The molecule has 3 rings (SSSR count). The average Bonchev–Trinajstić information content (AvgIpc) is 2.73. The molecule has 0 unspecified atom stereocenters. The van der Waals surface area contributed by atoms with Crippen LogP contribution < -0.4 is 14.4 Å². The lowest BCUT2D eigenvalue weighted by Gasteiger charge is -2.22. The van der Waals surface area contributed by atoms with Crippen LogP contribution in [0.2, 0.25) is 0 Å². The molecule has 0 saturated heterocycles. The fourth-order valence-electron chi connectivity index (χ4n) is 2.95. The number of benzene rings is 3. The quantitative estimate of drug-likeness (QED) is 0.538. The third-order valence-electron chi connectivity index (χ3n) is 4.62. The molecule has 0 aliphatic heterocycles. The Kier molecular flexibility index (Phi) is 6.48. The second-order valence-electron chi connectivity index (χ2n) is 6.59. The highest BCUT2D eigenvalue weighted by molar-refractivity contribution is 9.10. The van der Waals surface area contributed by atoms with Crippen molar-refractivity contribution in [1.29, 1.82) is 0 Å². The average molecular weight is 489 g/mol. The van der Waals surface area contributed by atoms with Crippen LogP contribution in [0.15, 0.2) is 76.1 Å². The highest BCUT2D eigenvalue weighted by Crippen LogP contribution is 2.31. The molecule has 156 valence electrons. The van der Waals surface area contributed by atoms with Gasteiger partial charge in [-0.2, -0.15) is 0 Å². The van der Waals surface area contributed by atoms with Gasteiger partial charge in [0.05, 0.1) is 17.7 Å². The zero-order valence-electron chi connectivity index (χ0n) is 16.7. The minimum atomic E-state index is -3.91. The van der Waals surface area contributed by atoms with Gasteiger partial charge in [-0.25, -0.2) is 8.42 Å². The molecule has 0 heterocycles. The number of carbonyl (C=O) groups is 1. The van der Waals surface area contributed by atoms with E-state index in [-0.39, 0.29) is 16.4 Å². The number of hydrogen-bond donors (Lipinski definition) is 1. The number of amides is 1. The van der Waals surface area contributed by atoms with E-state index in [4.69, 9.17) is 4.74 Å². The topological polar surface area (TPSA) is 75.7 Å². The number of hydrogen-bond acceptors (Lipinski definition) is 4. The first kappa shape index (κ1) is 21.9. The fraction of sp³-hybridized carbons (Fsp3) is 0.136. The van der Waals surface area contributed by atoms with E-state index in [1.807, 2.05) is 6.07 Å². The fourth-order valence-corrected chi connectivity index (χ4v) is 4.58. The Labute approximate surface area is 184 Å². The zero-order valence-corrected chi connectivity index (χ0v) is 19.1. The number of rotatable bonds is 6. The van der Waals surface area contributed by atoms with Crippen LogP contribution in [0.5, 0.6) is 5.75 Å². The Hall–Kier alpha value is -2.84. The molecule has 0 atom stereocenters. The van der Waals surface area contributed by atoms with Gasteiger partial charge in [-0.15, -0.1) is 0 Å². The Morgan fingerprint density at radius 3 is 2.47 bits per heavy atom. The first-order chi connectivity index (χ1) is 14.2. The number of carbonyl (C=O) groups excluding carboxylic acids is 1. The lowest BCUT2D eigenvalue weighted by atomic mass is 10.1. The van der Waals surface area contributed by atoms with E-state index in [0.717, 1.165) is 8.78 Å². The number of para-hydroxylation sites is 2. The van der Waals surface area contributed by atoms with Gasteiger partial charge in [0.25, 0.3) is 15.9 Å². The summed E-state index contributed by atoms with van der Waals surface area (Å²) in [6.07, 6.45) is 0. The molecule has 30 heavy (non-hydrogen) atoms. The van der Waals surface area contributed by atoms with Crippen LogP contribution in [0.1, 0.15) is 15.9 Å². The van der Waals surface area contributed by atoms with Gasteiger partial charge in [-0.3, -0.25) is 9.10 Å². The highest BCUT2D eigenvalue weighted by atomic mass is 79.9. The van der Waals surface area contributed by atoms with Crippen LogP contribution in [-0.4, -0.2) is 28.5 Å². The monoisotopic (exact) mass is 488 g/mol. The van der Waals surface area contributed by atoms with Crippen molar-refractivity contribution in [2.24, 2.45) is 0 Å². The van der Waals surface area contributed by atoms with Crippen molar-refractivity contribution in [3.8, 4) is 5.75 Å². The van der Waals surface area contributed by atoms with Crippen molar-refractivity contribution in [1.82, 2.24) is 0 Å². The van der Waals surface area contributed by atoms with E-state index >= 15 is 0 Å². The molecule has 0 aromatic heterocycles. The number of aryl methyl sites for hydroxylation is 1. The zero-order chi connectivity index (χ0) is 21.9. The smallest absolute Gasteiger partial charge is 0.264 e. The van der Waals surface area contributed by atoms with Gasteiger partial charge in [0.1, 0.15) is 5.75 Å². The summed E-state index contributed by atoms with van der Waals surface area (Å²) in [6.45, 7) is 1.76. The lowest BCUT2D eigenvalue weighted by molar-refractivity contribution is 0.102. The highest BCUT2D eigenvalue weighted by Gasteiger charge is 2.25. The number of nitrogens with zero attached hydrogens (tertiary/aromatic N) is 1. The van der Waals surface area contributed by atoms with Gasteiger partial charge in [0.15, 0.2) is 0 Å². The Morgan fingerprint density at radius 2 is 1.77 bits per heavy atom. The molecule has 1 amide bonds. The summed E-state index contributed by atoms with van der Waals surface area (Å²) in [6, 6.07) is 18.5. The molecule has 0 spiro atoms. The molecule has 0 aliphatic carbocycles. The van der Waals surface area contributed by atoms with Gasteiger partial charge in [0, 0.05) is 22.8 Å². The second-order valence-corrected chi connectivity index (χ2v) is 9.47. The first-order valence-electron chi connectivity index (χ1n) is 9.03. The summed E-state index contributed by atoms with van der Waals surface area (Å²) < 4.78 is 33.7. The number of sulfonamides is 1. The third kappa shape index (κ3) is 4.49. The Bertz CT molecular complexity index is 1200. The summed E-state index contributed by atoms with van der Waals surface area (Å²) in [4.78, 5) is 12.8. The maximum Gasteiger partial charge on any atom is 0.264 e. The normalized spacial score (nSPS) is 11.1. The maximum absolute atomic E-state index is 13.2. The minimum Gasteiger partial charge on any atom is -0.495 e. The predicted molar refractivity (Wildman–Crippen MR) is 122 cm³/mol. The SMILES string of the molecule is COc1ccccc1N(C)S(=O)(=O)c1ccc(C)c(C(=O)Nc2cccc(Br)c2)c1. The van der Waals surface area contributed by atoms with E-state index in [1.54, 1.807) is 55.5 Å². The van der Waals surface area contributed by atoms with Crippen LogP contribution in [0.3, 0.4) is 0 Å². The second kappa shape index (κ2) is 8.89. The standard InChI is InChI=1S/C22H21BrN2O4S/c1-15-11-12-18(14-19(15)22(26)24-17-8-6-7-16(23)13-17)30(27,28)25(2)20-9-4-5-10-21(20)29-3/h4-14H,1-3H3,(H,24,26). The molecule has 6 nitrogen and oxygen atoms in total. The first-order valence-corrected chi connectivity index (χ1v) is 11.3. The molecule has 0 aliphatic rings. The predicted octanol–water partition coefficient (Wildman–Crippen LogP) is 4.84. The molecule has 0 fully saturated rings.